The second-order valence-electron chi connectivity index (χ2n) is 4.09. The van der Waals surface area contributed by atoms with E-state index >= 15 is 0 Å². The zero-order valence-corrected chi connectivity index (χ0v) is 9.57. The van der Waals surface area contributed by atoms with Gasteiger partial charge in [0.05, 0.1) is 11.2 Å². The van der Waals surface area contributed by atoms with Crippen LogP contribution in [0.2, 0.25) is 0 Å². The van der Waals surface area contributed by atoms with Crippen molar-refractivity contribution in [3.05, 3.63) is 16.1 Å². The first-order valence-corrected chi connectivity index (χ1v) is 6.34. The summed E-state index contributed by atoms with van der Waals surface area (Å²) in [7, 11) is 0. The molecular formula is C11H18N2S. The molecule has 0 aromatic carbocycles. The van der Waals surface area contributed by atoms with Crippen LogP contribution in [0.15, 0.2) is 5.51 Å². The van der Waals surface area contributed by atoms with E-state index in [2.05, 4.69) is 17.2 Å². The van der Waals surface area contributed by atoms with E-state index in [1.165, 1.54) is 36.4 Å². The van der Waals surface area contributed by atoms with Gasteiger partial charge in [-0.05, 0) is 32.2 Å². The van der Waals surface area contributed by atoms with Gasteiger partial charge < -0.3 is 5.32 Å². The number of thiazole rings is 1. The lowest BCUT2D eigenvalue weighted by Crippen LogP contribution is -2.18. The quantitative estimate of drug-likeness (QED) is 0.729. The van der Waals surface area contributed by atoms with Gasteiger partial charge in [0.25, 0.3) is 0 Å². The summed E-state index contributed by atoms with van der Waals surface area (Å²) in [5.74, 6) is 1.05. The molecule has 1 saturated carbocycles. The van der Waals surface area contributed by atoms with Crippen LogP contribution in [0, 0.1) is 12.8 Å². The highest BCUT2D eigenvalue weighted by Crippen LogP contribution is 2.31. The maximum absolute atomic E-state index is 4.24. The van der Waals surface area contributed by atoms with E-state index in [0.717, 1.165) is 18.9 Å². The van der Waals surface area contributed by atoms with Gasteiger partial charge in [0.15, 0.2) is 0 Å². The van der Waals surface area contributed by atoms with Crippen LogP contribution in [-0.2, 0) is 6.42 Å². The Labute approximate surface area is 89.8 Å². The Morgan fingerprint density at radius 3 is 3.00 bits per heavy atom. The van der Waals surface area contributed by atoms with E-state index in [1.54, 1.807) is 11.3 Å². The largest absolute Gasteiger partial charge is 0.316 e. The fraction of sp³-hybridized carbons (Fsp3) is 0.727. The summed E-state index contributed by atoms with van der Waals surface area (Å²) in [6.07, 6.45) is 5.45. The normalized spacial score (nSPS) is 16.1. The summed E-state index contributed by atoms with van der Waals surface area (Å²) in [5, 5.41) is 3.50. The third-order valence-electron chi connectivity index (χ3n) is 2.80. The summed E-state index contributed by atoms with van der Waals surface area (Å²) in [6.45, 7) is 4.40. The van der Waals surface area contributed by atoms with Crippen LogP contribution in [-0.4, -0.2) is 18.1 Å². The number of aryl methyl sites for hydroxylation is 1. The smallest absolute Gasteiger partial charge is 0.0797 e. The Bertz CT molecular complexity index is 279. The minimum atomic E-state index is 1.05. The fourth-order valence-corrected chi connectivity index (χ4v) is 2.39. The summed E-state index contributed by atoms with van der Waals surface area (Å²) < 4.78 is 0. The molecule has 2 rings (SSSR count). The number of nitrogens with one attached hydrogen (secondary N) is 1. The number of hydrogen-bond donors (Lipinski definition) is 1. The van der Waals surface area contributed by atoms with Crippen LogP contribution in [0.1, 0.15) is 29.8 Å². The number of hydrogen-bond acceptors (Lipinski definition) is 3. The van der Waals surface area contributed by atoms with E-state index in [-0.39, 0.29) is 0 Å². The minimum absolute atomic E-state index is 1.05. The Hall–Kier alpha value is -0.410. The standard InChI is InChI=1S/C11H18N2S/c1-9-11(14-8-13-9)5-7-12-6-4-10-2-3-10/h8,10,12H,2-7H2,1H3. The predicted octanol–water partition coefficient (Wildman–Crippen LogP) is 2.38. The molecule has 0 unspecified atom stereocenters. The number of aromatic nitrogens is 1. The van der Waals surface area contributed by atoms with Gasteiger partial charge in [0.2, 0.25) is 0 Å². The van der Waals surface area contributed by atoms with Crippen LogP contribution in [0.4, 0.5) is 0 Å². The Kier molecular flexibility index (Phi) is 3.54. The van der Waals surface area contributed by atoms with Crippen molar-refractivity contribution in [1.82, 2.24) is 10.3 Å². The molecule has 78 valence electrons. The highest BCUT2D eigenvalue weighted by atomic mass is 32.1. The summed E-state index contributed by atoms with van der Waals surface area (Å²) in [5.41, 5.74) is 3.15. The fourth-order valence-electron chi connectivity index (χ4n) is 1.61. The van der Waals surface area contributed by atoms with Gasteiger partial charge in [-0.15, -0.1) is 11.3 Å². The summed E-state index contributed by atoms with van der Waals surface area (Å²) in [4.78, 5) is 5.68. The van der Waals surface area contributed by atoms with E-state index in [4.69, 9.17) is 0 Å². The van der Waals surface area contributed by atoms with Crippen LogP contribution in [0.3, 0.4) is 0 Å². The topological polar surface area (TPSA) is 24.9 Å². The van der Waals surface area contributed by atoms with E-state index in [0.29, 0.717) is 0 Å². The first-order valence-electron chi connectivity index (χ1n) is 5.46. The molecule has 1 aromatic heterocycles. The van der Waals surface area contributed by atoms with Crippen molar-refractivity contribution in [3.8, 4) is 0 Å². The van der Waals surface area contributed by atoms with Crippen molar-refractivity contribution in [3.63, 3.8) is 0 Å². The van der Waals surface area contributed by atoms with Crippen LogP contribution in [0.5, 0.6) is 0 Å². The van der Waals surface area contributed by atoms with Crippen molar-refractivity contribution >= 4 is 11.3 Å². The first-order chi connectivity index (χ1) is 6.86. The molecule has 0 saturated heterocycles. The molecule has 1 aromatic rings. The Balaban J connectivity index is 1.56. The van der Waals surface area contributed by atoms with E-state index < -0.39 is 0 Å². The van der Waals surface area contributed by atoms with Crippen molar-refractivity contribution in [1.29, 1.82) is 0 Å². The van der Waals surface area contributed by atoms with Gasteiger partial charge >= 0.3 is 0 Å². The molecule has 0 bridgehead atoms. The van der Waals surface area contributed by atoms with Gasteiger partial charge in [-0.1, -0.05) is 12.8 Å². The molecule has 0 atom stereocenters. The molecule has 1 fully saturated rings. The van der Waals surface area contributed by atoms with Gasteiger partial charge in [0.1, 0.15) is 0 Å². The average molecular weight is 210 g/mol. The number of nitrogens with zero attached hydrogens (tertiary/aromatic N) is 1. The second-order valence-corrected chi connectivity index (χ2v) is 5.03. The van der Waals surface area contributed by atoms with E-state index in [9.17, 15) is 0 Å². The highest BCUT2D eigenvalue weighted by Gasteiger charge is 2.19. The molecule has 0 amide bonds. The Morgan fingerprint density at radius 1 is 1.50 bits per heavy atom. The zero-order valence-electron chi connectivity index (χ0n) is 8.75. The molecule has 1 heterocycles. The lowest BCUT2D eigenvalue weighted by molar-refractivity contribution is 0.614. The molecule has 0 aliphatic heterocycles. The predicted molar refractivity (Wildman–Crippen MR) is 60.8 cm³/mol. The molecule has 1 N–H and O–H groups in total. The third-order valence-corrected chi connectivity index (χ3v) is 3.79. The maximum atomic E-state index is 4.24. The van der Waals surface area contributed by atoms with Crippen molar-refractivity contribution in [2.75, 3.05) is 13.1 Å². The molecule has 2 nitrogen and oxygen atoms in total. The van der Waals surface area contributed by atoms with Crippen molar-refractivity contribution in [2.24, 2.45) is 5.92 Å². The second kappa shape index (κ2) is 4.89. The van der Waals surface area contributed by atoms with Crippen LogP contribution < -0.4 is 5.32 Å². The summed E-state index contributed by atoms with van der Waals surface area (Å²) >= 11 is 1.78. The van der Waals surface area contributed by atoms with Gasteiger partial charge in [0, 0.05) is 11.4 Å². The lowest BCUT2D eigenvalue weighted by Gasteiger charge is -2.02. The van der Waals surface area contributed by atoms with Crippen molar-refractivity contribution < 1.29 is 0 Å². The molecule has 0 spiro atoms. The van der Waals surface area contributed by atoms with E-state index in [1.807, 2.05) is 5.51 Å². The highest BCUT2D eigenvalue weighted by molar-refractivity contribution is 7.09. The number of rotatable bonds is 6. The minimum Gasteiger partial charge on any atom is -0.316 e. The molecule has 3 heteroatoms. The van der Waals surface area contributed by atoms with Gasteiger partial charge in [-0.25, -0.2) is 4.98 Å². The molecule has 0 radical (unpaired) electrons. The third kappa shape index (κ3) is 3.07. The SMILES string of the molecule is Cc1ncsc1CCNCCC1CC1. The Morgan fingerprint density at radius 2 is 2.36 bits per heavy atom. The van der Waals surface area contributed by atoms with Gasteiger partial charge in [-0.3, -0.25) is 0 Å². The maximum Gasteiger partial charge on any atom is 0.0797 e. The van der Waals surface area contributed by atoms with Crippen molar-refractivity contribution in [2.45, 2.75) is 32.6 Å². The molecule has 14 heavy (non-hydrogen) atoms. The monoisotopic (exact) mass is 210 g/mol. The summed E-state index contributed by atoms with van der Waals surface area (Å²) in [6, 6.07) is 0. The molecule has 1 aliphatic carbocycles. The van der Waals surface area contributed by atoms with Crippen LogP contribution in [0.25, 0.3) is 0 Å². The first kappa shape index (κ1) is 10.1. The molecular weight excluding hydrogens is 192 g/mol. The zero-order chi connectivity index (χ0) is 9.80. The van der Waals surface area contributed by atoms with Gasteiger partial charge in [-0.2, -0.15) is 0 Å². The van der Waals surface area contributed by atoms with Crippen LogP contribution >= 0.6 is 11.3 Å². The average Bonchev–Trinajstić information content (AvgIpc) is 2.91. The molecule has 1 aliphatic rings. The lowest BCUT2D eigenvalue weighted by atomic mass is 10.2.